The molecule has 8 nitrogen and oxygen atoms in total. The number of aryl methyl sites for hydroxylation is 2. The molecule has 0 aliphatic heterocycles. The Kier molecular flexibility index (Phi) is 4.89. The van der Waals surface area contributed by atoms with Crippen LogP contribution in [0.15, 0.2) is 33.7 Å². The van der Waals surface area contributed by atoms with E-state index in [4.69, 9.17) is 16.1 Å². The van der Waals surface area contributed by atoms with Crippen LogP contribution in [-0.2, 0) is 16.4 Å². The number of hydrogen-bond acceptors (Lipinski definition) is 6. The first-order chi connectivity index (χ1) is 11.9. The van der Waals surface area contributed by atoms with Crippen LogP contribution in [-0.4, -0.2) is 35.3 Å². The first-order valence-electron chi connectivity index (χ1n) is 7.47. The molecule has 2 heterocycles. The number of hydrogen-bond donors (Lipinski definition) is 2. The first-order valence-corrected chi connectivity index (χ1v) is 9.33. The zero-order valence-corrected chi connectivity index (χ0v) is 15.1. The van der Waals surface area contributed by atoms with Gasteiger partial charge in [-0.1, -0.05) is 28.9 Å². The summed E-state index contributed by atoms with van der Waals surface area (Å²) in [7, 11) is -3.66. The second-order valence-corrected chi connectivity index (χ2v) is 7.51. The third-order valence-electron chi connectivity index (χ3n) is 3.54. The topological polar surface area (TPSA) is 114 Å². The minimum Gasteiger partial charge on any atom is -0.339 e. The molecule has 1 aromatic carbocycles. The molecule has 0 spiro atoms. The zero-order valence-electron chi connectivity index (χ0n) is 13.6. The molecule has 0 radical (unpaired) electrons. The molecular weight excluding hydrogens is 366 g/mol. The largest absolute Gasteiger partial charge is 0.339 e. The summed E-state index contributed by atoms with van der Waals surface area (Å²) in [6, 6.07) is 7.14. The van der Waals surface area contributed by atoms with Gasteiger partial charge in [0, 0.05) is 18.5 Å². The van der Waals surface area contributed by atoms with Gasteiger partial charge in [0.1, 0.15) is 4.90 Å². The van der Waals surface area contributed by atoms with E-state index in [1.807, 2.05) is 6.07 Å². The average Bonchev–Trinajstić information content (AvgIpc) is 3.15. The van der Waals surface area contributed by atoms with Gasteiger partial charge < -0.3 is 4.52 Å². The van der Waals surface area contributed by atoms with Crippen LogP contribution < -0.4 is 4.72 Å². The number of sulfonamides is 1. The number of rotatable bonds is 6. The molecule has 2 aromatic heterocycles. The molecule has 10 heteroatoms. The molecule has 0 atom stereocenters. The van der Waals surface area contributed by atoms with Crippen molar-refractivity contribution in [2.45, 2.75) is 25.2 Å². The van der Waals surface area contributed by atoms with E-state index in [1.54, 1.807) is 32.0 Å². The second kappa shape index (κ2) is 6.95. The lowest BCUT2D eigenvalue weighted by Gasteiger charge is -2.05. The molecular formula is C15H16ClN5O3S. The molecule has 132 valence electrons. The lowest BCUT2D eigenvalue weighted by molar-refractivity contribution is 0.379. The summed E-state index contributed by atoms with van der Waals surface area (Å²) >= 11 is 6.10. The molecule has 0 fully saturated rings. The SMILES string of the molecule is Cc1n[nH]c(C)c1S(=O)(=O)NCCc1nc(-c2ccccc2Cl)no1. The van der Waals surface area contributed by atoms with Gasteiger partial charge >= 0.3 is 0 Å². The van der Waals surface area contributed by atoms with Crippen molar-refractivity contribution in [3.8, 4) is 11.4 Å². The summed E-state index contributed by atoms with van der Waals surface area (Å²) in [5, 5.41) is 10.9. The van der Waals surface area contributed by atoms with Crippen molar-refractivity contribution in [1.29, 1.82) is 0 Å². The van der Waals surface area contributed by atoms with Crippen LogP contribution in [0.4, 0.5) is 0 Å². The summed E-state index contributed by atoms with van der Waals surface area (Å²) in [4.78, 5) is 4.41. The Hall–Kier alpha value is -2.23. The smallest absolute Gasteiger partial charge is 0.244 e. The van der Waals surface area contributed by atoms with E-state index < -0.39 is 10.0 Å². The van der Waals surface area contributed by atoms with E-state index in [9.17, 15) is 8.42 Å². The third kappa shape index (κ3) is 3.73. The van der Waals surface area contributed by atoms with Crippen molar-refractivity contribution in [2.24, 2.45) is 0 Å². The number of benzene rings is 1. The summed E-state index contributed by atoms with van der Waals surface area (Å²) in [6.07, 6.45) is 0.257. The maximum absolute atomic E-state index is 12.3. The Morgan fingerprint density at radius 2 is 2.04 bits per heavy atom. The van der Waals surface area contributed by atoms with Crippen molar-refractivity contribution in [3.05, 3.63) is 46.6 Å². The highest BCUT2D eigenvalue weighted by Gasteiger charge is 2.22. The van der Waals surface area contributed by atoms with E-state index in [1.165, 1.54) is 0 Å². The lowest BCUT2D eigenvalue weighted by Crippen LogP contribution is -2.27. The van der Waals surface area contributed by atoms with Crippen LogP contribution in [0.1, 0.15) is 17.3 Å². The standard InChI is InChI=1S/C15H16ClN5O3S/c1-9-14(10(2)20-19-9)25(22,23)17-8-7-13-18-15(21-24-13)11-5-3-4-6-12(11)16/h3-6,17H,7-8H2,1-2H3,(H,19,20). The number of nitrogens with zero attached hydrogens (tertiary/aromatic N) is 3. The van der Waals surface area contributed by atoms with Crippen molar-refractivity contribution in [2.75, 3.05) is 6.54 Å². The van der Waals surface area contributed by atoms with Crippen LogP contribution in [0, 0.1) is 13.8 Å². The minimum absolute atomic E-state index is 0.122. The van der Waals surface area contributed by atoms with Gasteiger partial charge in [-0.2, -0.15) is 10.1 Å². The predicted molar refractivity (Wildman–Crippen MR) is 91.7 cm³/mol. The number of H-pyrrole nitrogens is 1. The molecule has 0 unspecified atom stereocenters. The fraction of sp³-hybridized carbons (Fsp3) is 0.267. The number of aromatic nitrogens is 4. The maximum atomic E-state index is 12.3. The van der Waals surface area contributed by atoms with Gasteiger partial charge in [-0.3, -0.25) is 5.10 Å². The summed E-state index contributed by atoms with van der Waals surface area (Å²) in [5.41, 5.74) is 1.57. The molecule has 25 heavy (non-hydrogen) atoms. The van der Waals surface area contributed by atoms with Gasteiger partial charge in [-0.15, -0.1) is 0 Å². The van der Waals surface area contributed by atoms with Crippen molar-refractivity contribution < 1.29 is 12.9 Å². The predicted octanol–water partition coefficient (Wildman–Crippen LogP) is 2.25. The van der Waals surface area contributed by atoms with Gasteiger partial charge in [0.05, 0.1) is 16.4 Å². The second-order valence-electron chi connectivity index (χ2n) is 5.40. The van der Waals surface area contributed by atoms with Gasteiger partial charge in [0.2, 0.25) is 21.7 Å². The van der Waals surface area contributed by atoms with Gasteiger partial charge in [0.15, 0.2) is 0 Å². The molecule has 3 aromatic rings. The third-order valence-corrected chi connectivity index (χ3v) is 5.60. The summed E-state index contributed by atoms with van der Waals surface area (Å²) < 4.78 is 32.3. The first kappa shape index (κ1) is 17.6. The summed E-state index contributed by atoms with van der Waals surface area (Å²) in [6.45, 7) is 3.41. The molecule has 0 saturated heterocycles. The van der Waals surface area contributed by atoms with Gasteiger partial charge in [-0.25, -0.2) is 13.1 Å². The molecule has 3 rings (SSSR count). The van der Waals surface area contributed by atoms with Crippen LogP contribution >= 0.6 is 11.6 Å². The molecule has 0 amide bonds. The highest BCUT2D eigenvalue weighted by Crippen LogP contribution is 2.24. The Morgan fingerprint density at radius 3 is 2.72 bits per heavy atom. The quantitative estimate of drug-likeness (QED) is 0.676. The lowest BCUT2D eigenvalue weighted by atomic mass is 10.2. The Labute approximate surface area is 149 Å². The van der Waals surface area contributed by atoms with E-state index in [-0.39, 0.29) is 17.9 Å². The number of aromatic amines is 1. The van der Waals surface area contributed by atoms with Crippen LogP contribution in [0.25, 0.3) is 11.4 Å². The van der Waals surface area contributed by atoms with Crippen LogP contribution in [0.2, 0.25) is 5.02 Å². The summed E-state index contributed by atoms with van der Waals surface area (Å²) in [5.74, 6) is 0.684. The molecule has 0 aliphatic rings. The van der Waals surface area contributed by atoms with E-state index in [2.05, 4.69) is 25.1 Å². The fourth-order valence-corrected chi connectivity index (χ4v) is 4.03. The van der Waals surface area contributed by atoms with Gasteiger partial charge in [-0.05, 0) is 26.0 Å². The Morgan fingerprint density at radius 1 is 1.28 bits per heavy atom. The van der Waals surface area contributed by atoms with Gasteiger partial charge in [0.25, 0.3) is 0 Å². The van der Waals surface area contributed by atoms with Crippen LogP contribution in [0.5, 0.6) is 0 Å². The Balaban J connectivity index is 1.66. The molecule has 0 bridgehead atoms. The van der Waals surface area contributed by atoms with E-state index >= 15 is 0 Å². The van der Waals surface area contributed by atoms with Crippen molar-refractivity contribution >= 4 is 21.6 Å². The normalized spacial score (nSPS) is 11.8. The molecule has 0 aliphatic carbocycles. The average molecular weight is 382 g/mol. The number of halogens is 1. The van der Waals surface area contributed by atoms with Crippen LogP contribution in [0.3, 0.4) is 0 Å². The maximum Gasteiger partial charge on any atom is 0.244 e. The van der Waals surface area contributed by atoms with E-state index in [0.29, 0.717) is 33.7 Å². The van der Waals surface area contributed by atoms with Crippen molar-refractivity contribution in [3.63, 3.8) is 0 Å². The highest BCUT2D eigenvalue weighted by molar-refractivity contribution is 7.89. The Bertz CT molecular complexity index is 977. The van der Waals surface area contributed by atoms with Crippen molar-refractivity contribution in [1.82, 2.24) is 25.1 Å². The number of nitrogens with one attached hydrogen (secondary N) is 2. The minimum atomic E-state index is -3.66. The fourth-order valence-electron chi connectivity index (χ4n) is 2.41. The molecule has 2 N–H and O–H groups in total. The highest BCUT2D eigenvalue weighted by atomic mass is 35.5. The zero-order chi connectivity index (χ0) is 18.0. The monoisotopic (exact) mass is 381 g/mol. The molecule has 0 saturated carbocycles. The van der Waals surface area contributed by atoms with E-state index in [0.717, 1.165) is 0 Å².